The molecule has 0 aliphatic heterocycles. The Hall–Kier alpha value is -2.50. The molecule has 0 aliphatic rings. The number of anilines is 1. The van der Waals surface area contributed by atoms with E-state index in [1.54, 1.807) is 43.5 Å². The monoisotopic (exact) mass is 415 g/mol. The van der Waals surface area contributed by atoms with Crippen LogP contribution in [0.5, 0.6) is 5.75 Å². The Kier molecular flexibility index (Phi) is 5.96. The lowest BCUT2D eigenvalue weighted by molar-refractivity contribution is 0.415. The fraction of sp³-hybridized carbons (Fsp3) is 0.182. The minimum absolute atomic E-state index is 0.180. The second-order valence-corrected chi connectivity index (χ2v) is 8.80. The van der Waals surface area contributed by atoms with Gasteiger partial charge in [-0.15, -0.1) is 0 Å². The zero-order valence-corrected chi connectivity index (χ0v) is 17.5. The molecule has 4 nitrogen and oxygen atoms in total. The second kappa shape index (κ2) is 8.25. The summed E-state index contributed by atoms with van der Waals surface area (Å²) in [5.74, 6) is 0.588. The molecule has 3 aromatic rings. The maximum atomic E-state index is 13.6. The minimum Gasteiger partial charge on any atom is -0.497 e. The lowest BCUT2D eigenvalue weighted by Crippen LogP contribution is -2.33. The molecule has 0 aliphatic carbocycles. The Balaban J connectivity index is 2.17. The van der Waals surface area contributed by atoms with Crippen LogP contribution in [0.15, 0.2) is 77.7 Å². The molecule has 0 radical (unpaired) electrons. The van der Waals surface area contributed by atoms with Crippen LogP contribution in [0.25, 0.3) is 0 Å². The molecule has 0 N–H and O–H groups in total. The Bertz CT molecular complexity index is 1070. The van der Waals surface area contributed by atoms with E-state index in [4.69, 9.17) is 16.3 Å². The SMILES string of the molecule is COc1cccc(N([C@@H](C)c2cccc(C)c2)S(=O)(=O)c2ccc(Cl)cc2)c1. The topological polar surface area (TPSA) is 46.6 Å². The van der Waals surface area contributed by atoms with Gasteiger partial charge >= 0.3 is 0 Å². The van der Waals surface area contributed by atoms with Crippen molar-refractivity contribution in [2.24, 2.45) is 0 Å². The van der Waals surface area contributed by atoms with Crippen LogP contribution >= 0.6 is 11.6 Å². The van der Waals surface area contributed by atoms with Gasteiger partial charge in [0.1, 0.15) is 5.75 Å². The first-order valence-electron chi connectivity index (χ1n) is 8.83. The van der Waals surface area contributed by atoms with Gasteiger partial charge in [-0.1, -0.05) is 47.5 Å². The summed E-state index contributed by atoms with van der Waals surface area (Å²) in [6.45, 7) is 3.86. The number of hydrogen-bond acceptors (Lipinski definition) is 3. The van der Waals surface area contributed by atoms with E-state index >= 15 is 0 Å². The van der Waals surface area contributed by atoms with Gasteiger partial charge in [0.25, 0.3) is 10.0 Å². The zero-order valence-electron chi connectivity index (χ0n) is 16.0. The summed E-state index contributed by atoms with van der Waals surface area (Å²) in [7, 11) is -2.28. The smallest absolute Gasteiger partial charge is 0.264 e. The number of sulfonamides is 1. The van der Waals surface area contributed by atoms with Gasteiger partial charge < -0.3 is 4.74 Å². The van der Waals surface area contributed by atoms with Crippen molar-refractivity contribution in [3.05, 3.63) is 88.9 Å². The van der Waals surface area contributed by atoms with E-state index in [0.717, 1.165) is 11.1 Å². The van der Waals surface area contributed by atoms with E-state index < -0.39 is 16.1 Å². The molecule has 0 spiro atoms. The van der Waals surface area contributed by atoms with Gasteiger partial charge in [0.2, 0.25) is 0 Å². The normalized spacial score (nSPS) is 12.4. The number of rotatable bonds is 6. The van der Waals surface area contributed by atoms with Crippen molar-refractivity contribution in [2.45, 2.75) is 24.8 Å². The van der Waals surface area contributed by atoms with Gasteiger partial charge in [-0.2, -0.15) is 0 Å². The number of benzene rings is 3. The van der Waals surface area contributed by atoms with Gasteiger partial charge in [0.15, 0.2) is 0 Å². The summed E-state index contributed by atoms with van der Waals surface area (Å²) in [6, 6.07) is 20.7. The molecule has 0 unspecified atom stereocenters. The molecule has 0 aromatic heterocycles. The molecule has 3 rings (SSSR count). The summed E-state index contributed by atoms with van der Waals surface area (Å²) >= 11 is 5.95. The molecule has 3 aromatic carbocycles. The molecule has 146 valence electrons. The Morgan fingerprint density at radius 1 is 0.964 bits per heavy atom. The Morgan fingerprint density at radius 2 is 1.64 bits per heavy atom. The van der Waals surface area contributed by atoms with Crippen molar-refractivity contribution >= 4 is 27.3 Å². The number of halogens is 1. The largest absolute Gasteiger partial charge is 0.497 e. The first-order valence-corrected chi connectivity index (χ1v) is 10.7. The highest BCUT2D eigenvalue weighted by atomic mass is 35.5. The molecule has 0 bridgehead atoms. The van der Waals surface area contributed by atoms with Crippen LogP contribution in [0.2, 0.25) is 5.02 Å². The molecule has 0 amide bonds. The average Bonchev–Trinajstić information content (AvgIpc) is 2.68. The summed E-state index contributed by atoms with van der Waals surface area (Å²) in [6.07, 6.45) is 0. The predicted octanol–water partition coefficient (Wildman–Crippen LogP) is 5.61. The highest BCUT2D eigenvalue weighted by molar-refractivity contribution is 7.92. The molecular formula is C22H22ClNO3S. The fourth-order valence-electron chi connectivity index (χ4n) is 3.10. The van der Waals surface area contributed by atoms with Gasteiger partial charge in [0.05, 0.1) is 23.7 Å². The Labute approximate surface area is 171 Å². The molecule has 1 atom stereocenters. The van der Waals surface area contributed by atoms with Crippen LogP contribution in [0.1, 0.15) is 24.1 Å². The molecule has 6 heteroatoms. The van der Waals surface area contributed by atoms with Crippen LogP contribution in [-0.2, 0) is 10.0 Å². The van der Waals surface area contributed by atoms with Crippen molar-refractivity contribution in [2.75, 3.05) is 11.4 Å². The standard InChI is InChI=1S/C22H22ClNO3S/c1-16-6-4-7-18(14-16)17(2)24(20-8-5-9-21(15-20)27-3)28(25,26)22-12-10-19(23)11-13-22/h4-15,17H,1-3H3/t17-/m0/s1. The quantitative estimate of drug-likeness (QED) is 0.525. The van der Waals surface area contributed by atoms with Crippen molar-refractivity contribution in [3.63, 3.8) is 0 Å². The number of methoxy groups -OCH3 is 1. The van der Waals surface area contributed by atoms with E-state index in [1.807, 2.05) is 38.1 Å². The molecule has 0 saturated heterocycles. The van der Waals surface area contributed by atoms with E-state index in [0.29, 0.717) is 16.5 Å². The summed E-state index contributed by atoms with van der Waals surface area (Å²) < 4.78 is 33.9. The predicted molar refractivity (Wildman–Crippen MR) is 114 cm³/mol. The van der Waals surface area contributed by atoms with E-state index in [2.05, 4.69) is 0 Å². The van der Waals surface area contributed by atoms with Crippen molar-refractivity contribution in [1.82, 2.24) is 0 Å². The fourth-order valence-corrected chi connectivity index (χ4v) is 4.87. The van der Waals surface area contributed by atoms with Crippen LogP contribution in [0.4, 0.5) is 5.69 Å². The first-order chi connectivity index (χ1) is 13.3. The number of aryl methyl sites for hydroxylation is 1. The maximum Gasteiger partial charge on any atom is 0.264 e. The van der Waals surface area contributed by atoms with Crippen molar-refractivity contribution in [1.29, 1.82) is 0 Å². The summed E-state index contributed by atoms with van der Waals surface area (Å²) in [4.78, 5) is 0.180. The third-order valence-electron chi connectivity index (χ3n) is 4.55. The summed E-state index contributed by atoms with van der Waals surface area (Å²) in [5, 5.41) is 0.485. The lowest BCUT2D eigenvalue weighted by atomic mass is 10.1. The highest BCUT2D eigenvalue weighted by Gasteiger charge is 2.30. The molecule has 0 saturated carbocycles. The van der Waals surface area contributed by atoms with Crippen LogP contribution in [0, 0.1) is 6.92 Å². The van der Waals surface area contributed by atoms with Crippen LogP contribution in [0.3, 0.4) is 0 Å². The number of ether oxygens (including phenoxy) is 1. The van der Waals surface area contributed by atoms with Gasteiger partial charge in [-0.05, 0) is 55.8 Å². The second-order valence-electron chi connectivity index (χ2n) is 6.55. The van der Waals surface area contributed by atoms with E-state index in [9.17, 15) is 8.42 Å². The van der Waals surface area contributed by atoms with E-state index in [-0.39, 0.29) is 4.90 Å². The van der Waals surface area contributed by atoms with Crippen LogP contribution in [-0.4, -0.2) is 15.5 Å². The average molecular weight is 416 g/mol. The molecular weight excluding hydrogens is 394 g/mol. The maximum absolute atomic E-state index is 13.6. The first kappa shape index (κ1) is 20.2. The van der Waals surface area contributed by atoms with Gasteiger partial charge in [-0.25, -0.2) is 8.42 Å². The third-order valence-corrected chi connectivity index (χ3v) is 6.72. The number of hydrogen-bond donors (Lipinski definition) is 0. The van der Waals surface area contributed by atoms with E-state index in [1.165, 1.54) is 16.4 Å². The summed E-state index contributed by atoms with van der Waals surface area (Å²) in [5.41, 5.74) is 2.50. The van der Waals surface area contributed by atoms with Crippen molar-refractivity contribution < 1.29 is 13.2 Å². The molecule has 28 heavy (non-hydrogen) atoms. The number of nitrogens with zero attached hydrogens (tertiary/aromatic N) is 1. The Morgan fingerprint density at radius 3 is 2.29 bits per heavy atom. The lowest BCUT2D eigenvalue weighted by Gasteiger charge is -2.31. The van der Waals surface area contributed by atoms with Gasteiger partial charge in [0, 0.05) is 11.1 Å². The van der Waals surface area contributed by atoms with Crippen molar-refractivity contribution in [3.8, 4) is 5.75 Å². The molecule has 0 heterocycles. The zero-order chi connectivity index (χ0) is 20.3. The van der Waals surface area contributed by atoms with Crippen LogP contribution < -0.4 is 9.04 Å². The highest BCUT2D eigenvalue weighted by Crippen LogP contribution is 2.35. The minimum atomic E-state index is -3.84. The van der Waals surface area contributed by atoms with Gasteiger partial charge in [-0.3, -0.25) is 4.31 Å². The molecule has 0 fully saturated rings. The third kappa shape index (κ3) is 4.16.